The van der Waals surface area contributed by atoms with Crippen molar-refractivity contribution in [3.8, 4) is 5.75 Å². The molecule has 2 rings (SSSR count). The van der Waals surface area contributed by atoms with Gasteiger partial charge in [-0.25, -0.2) is 0 Å². The van der Waals surface area contributed by atoms with E-state index in [1.165, 1.54) is 0 Å². The van der Waals surface area contributed by atoms with E-state index in [1.54, 1.807) is 7.11 Å². The molecule has 6 nitrogen and oxygen atoms in total. The van der Waals surface area contributed by atoms with Crippen LogP contribution in [0.15, 0.2) is 109 Å². The van der Waals surface area contributed by atoms with Crippen molar-refractivity contribution in [2.24, 2.45) is 0 Å². The van der Waals surface area contributed by atoms with Gasteiger partial charge in [-0.15, -0.1) is 0 Å². The summed E-state index contributed by atoms with van der Waals surface area (Å²) in [6.07, 6.45) is 33.3. The van der Waals surface area contributed by atoms with Crippen molar-refractivity contribution in [1.29, 1.82) is 0 Å². The van der Waals surface area contributed by atoms with Crippen LogP contribution in [0.3, 0.4) is 0 Å². The molecule has 0 radical (unpaired) electrons. The van der Waals surface area contributed by atoms with E-state index in [0.717, 1.165) is 73.6 Å². The Morgan fingerprint density at radius 3 is 1.81 bits per heavy atom. The van der Waals surface area contributed by atoms with Crippen LogP contribution >= 0.6 is 0 Å². The number of likely N-dealkylation sites (N-methyl/N-ethyl adjacent to an activating group) is 1. The molecule has 0 aliphatic carbocycles. The summed E-state index contributed by atoms with van der Waals surface area (Å²) >= 11 is 0. The largest absolute Gasteiger partial charge is 0.497 e. The molecule has 0 bridgehead atoms. The molecule has 2 amide bonds. The molecule has 0 fully saturated rings. The first-order valence-electron chi connectivity index (χ1n) is 17.1. The molecule has 2 aromatic carbocycles. The second kappa shape index (κ2) is 25.0. The van der Waals surface area contributed by atoms with Crippen LogP contribution < -0.4 is 15.4 Å². The van der Waals surface area contributed by atoms with Crippen molar-refractivity contribution >= 4 is 22.6 Å². The van der Waals surface area contributed by atoms with Gasteiger partial charge in [0.05, 0.1) is 13.0 Å². The number of fused-ring (bicyclic) bond motifs is 1. The Balaban J connectivity index is 1.48. The van der Waals surface area contributed by atoms with Crippen molar-refractivity contribution < 1.29 is 14.3 Å². The first kappa shape index (κ1) is 39.0. The van der Waals surface area contributed by atoms with Crippen LogP contribution in [0, 0.1) is 0 Å². The molecule has 2 aromatic rings. The van der Waals surface area contributed by atoms with Crippen molar-refractivity contribution in [3.63, 3.8) is 0 Å². The molecular weight excluding hydrogens is 582 g/mol. The smallest absolute Gasteiger partial charge is 0.227 e. The number of allylic oxidation sites excluding steroid dienone is 12. The van der Waals surface area contributed by atoms with E-state index in [1.807, 2.05) is 44.3 Å². The molecule has 0 heterocycles. The summed E-state index contributed by atoms with van der Waals surface area (Å²) in [6, 6.07) is 12.0. The quantitative estimate of drug-likeness (QED) is 0.120. The summed E-state index contributed by atoms with van der Waals surface area (Å²) in [4.78, 5) is 27.0. The molecule has 0 spiro atoms. The van der Waals surface area contributed by atoms with Crippen molar-refractivity contribution in [2.75, 3.05) is 40.3 Å². The second-order valence-electron chi connectivity index (χ2n) is 11.6. The number of carbonyl (C=O) groups excluding carboxylic acids is 2. The summed E-state index contributed by atoms with van der Waals surface area (Å²) in [5.41, 5.74) is 0.986. The van der Waals surface area contributed by atoms with Crippen LogP contribution in [0.5, 0.6) is 5.75 Å². The maximum Gasteiger partial charge on any atom is 0.227 e. The Hall–Kier alpha value is -4.16. The predicted molar refractivity (Wildman–Crippen MR) is 200 cm³/mol. The minimum absolute atomic E-state index is 0.00830. The highest BCUT2D eigenvalue weighted by molar-refractivity contribution is 5.88. The molecule has 0 saturated heterocycles. The fourth-order valence-corrected chi connectivity index (χ4v) is 4.75. The molecule has 0 aromatic heterocycles. The third-order valence-corrected chi connectivity index (χ3v) is 7.71. The number of hydrogen-bond donors (Lipinski definition) is 2. The molecule has 47 heavy (non-hydrogen) atoms. The van der Waals surface area contributed by atoms with E-state index in [2.05, 4.69) is 101 Å². The molecule has 0 aliphatic rings. The zero-order chi connectivity index (χ0) is 34.0. The maximum atomic E-state index is 12.7. The van der Waals surface area contributed by atoms with Gasteiger partial charge < -0.3 is 20.3 Å². The van der Waals surface area contributed by atoms with E-state index in [0.29, 0.717) is 26.1 Å². The topological polar surface area (TPSA) is 70.7 Å². The Labute approximate surface area is 284 Å². The Morgan fingerprint density at radius 2 is 1.23 bits per heavy atom. The molecule has 1 atom stereocenters. The van der Waals surface area contributed by atoms with E-state index in [4.69, 9.17) is 4.74 Å². The van der Waals surface area contributed by atoms with Crippen molar-refractivity contribution in [3.05, 3.63) is 115 Å². The lowest BCUT2D eigenvalue weighted by molar-refractivity contribution is -0.122. The van der Waals surface area contributed by atoms with Gasteiger partial charge in [-0.05, 0) is 87.4 Å². The average Bonchev–Trinajstić information content (AvgIpc) is 3.08. The van der Waals surface area contributed by atoms with Gasteiger partial charge in [-0.1, -0.05) is 104 Å². The highest BCUT2D eigenvalue weighted by Crippen LogP contribution is 2.25. The predicted octanol–water partition coefficient (Wildman–Crippen LogP) is 8.59. The molecule has 0 unspecified atom stereocenters. The van der Waals surface area contributed by atoms with Crippen LogP contribution in [-0.2, 0) is 9.59 Å². The fourth-order valence-electron chi connectivity index (χ4n) is 4.75. The van der Waals surface area contributed by atoms with Crippen LogP contribution in [0.1, 0.15) is 76.7 Å². The molecule has 0 aliphatic heterocycles. The van der Waals surface area contributed by atoms with Gasteiger partial charge in [0.25, 0.3) is 0 Å². The van der Waals surface area contributed by atoms with E-state index in [9.17, 15) is 9.59 Å². The van der Waals surface area contributed by atoms with E-state index >= 15 is 0 Å². The lowest BCUT2D eigenvalue weighted by Crippen LogP contribution is -2.38. The fraction of sp³-hybridized carbons (Fsp3) is 0.415. The molecule has 0 saturated carbocycles. The van der Waals surface area contributed by atoms with Crippen LogP contribution in [0.25, 0.3) is 10.8 Å². The Bertz CT molecular complexity index is 1370. The molecule has 254 valence electrons. The summed E-state index contributed by atoms with van der Waals surface area (Å²) in [5.74, 6) is 0.649. The number of amides is 2. The van der Waals surface area contributed by atoms with Gasteiger partial charge in [-0.3, -0.25) is 9.59 Å². The first-order valence-corrected chi connectivity index (χ1v) is 17.1. The molecular formula is C41H57N3O3. The number of nitrogens with zero attached hydrogens (tertiary/aromatic N) is 1. The maximum absolute atomic E-state index is 12.7. The van der Waals surface area contributed by atoms with Crippen LogP contribution in [0.2, 0.25) is 0 Å². The third kappa shape index (κ3) is 17.9. The number of hydrogen-bond acceptors (Lipinski definition) is 4. The summed E-state index contributed by atoms with van der Waals surface area (Å²) < 4.78 is 5.30. The van der Waals surface area contributed by atoms with Crippen LogP contribution in [-0.4, -0.2) is 57.1 Å². The lowest BCUT2D eigenvalue weighted by Gasteiger charge is -2.18. The normalized spacial score (nSPS) is 13.0. The highest BCUT2D eigenvalue weighted by Gasteiger charge is 2.15. The van der Waals surface area contributed by atoms with Crippen molar-refractivity contribution in [2.45, 2.75) is 71.1 Å². The van der Waals surface area contributed by atoms with Gasteiger partial charge in [0, 0.05) is 32.6 Å². The summed E-state index contributed by atoms with van der Waals surface area (Å²) in [7, 11) is 3.65. The SMILES string of the molecule is CCC=CCC=CCC=CCC=CCC=CCC=CCCC(=O)NCCN(C)CCNC(=O)[C@@H](C)c1ccc2cc(OC)ccc2c1. The number of carbonyl (C=O) groups is 2. The van der Waals surface area contributed by atoms with E-state index in [-0.39, 0.29) is 17.7 Å². The number of ether oxygens (including phenoxy) is 1. The zero-order valence-electron chi connectivity index (χ0n) is 29.1. The van der Waals surface area contributed by atoms with Gasteiger partial charge in [-0.2, -0.15) is 0 Å². The monoisotopic (exact) mass is 639 g/mol. The van der Waals surface area contributed by atoms with Gasteiger partial charge in [0.15, 0.2) is 0 Å². The average molecular weight is 640 g/mol. The van der Waals surface area contributed by atoms with Gasteiger partial charge in [0.2, 0.25) is 11.8 Å². The Morgan fingerprint density at radius 1 is 0.723 bits per heavy atom. The number of nitrogens with one attached hydrogen (secondary N) is 2. The third-order valence-electron chi connectivity index (χ3n) is 7.71. The van der Waals surface area contributed by atoms with Gasteiger partial charge >= 0.3 is 0 Å². The lowest BCUT2D eigenvalue weighted by atomic mass is 9.97. The molecule has 6 heteroatoms. The Kier molecular flexibility index (Phi) is 20.8. The minimum atomic E-state index is -0.243. The highest BCUT2D eigenvalue weighted by atomic mass is 16.5. The number of methoxy groups -OCH3 is 1. The number of rotatable bonds is 23. The zero-order valence-corrected chi connectivity index (χ0v) is 29.1. The van der Waals surface area contributed by atoms with E-state index < -0.39 is 0 Å². The standard InChI is InChI=1S/C41H57N3O3/c1-5-6-7-8-9-10-11-12-13-14-15-16-17-18-19-20-21-22-23-24-40(45)42-29-31-44(3)32-30-43-41(46)35(2)36-25-26-38-34-39(47-4)28-27-37(38)33-36/h6-7,9-10,12-13,15-16,18-19,21-22,25-28,33-35H,5,8,11,14,17,20,23-24,29-32H2,1-4H3,(H,42,45)(H,43,46)/t35-/m0/s1. The summed E-state index contributed by atoms with van der Waals surface area (Å²) in [5, 5.41) is 8.21. The second-order valence-corrected chi connectivity index (χ2v) is 11.6. The van der Waals surface area contributed by atoms with Crippen molar-refractivity contribution in [1.82, 2.24) is 15.5 Å². The molecule has 2 N–H and O–H groups in total. The van der Waals surface area contributed by atoms with Crippen LogP contribution in [0.4, 0.5) is 0 Å². The first-order chi connectivity index (χ1) is 22.9. The number of benzene rings is 2. The summed E-state index contributed by atoms with van der Waals surface area (Å²) in [6.45, 7) is 6.67. The minimum Gasteiger partial charge on any atom is -0.497 e. The van der Waals surface area contributed by atoms with Gasteiger partial charge in [0.1, 0.15) is 5.75 Å².